The maximum absolute atomic E-state index is 12.6. The molecule has 0 unspecified atom stereocenters. The molecule has 1 aromatic rings. The Balaban J connectivity index is 1.95. The van der Waals surface area contributed by atoms with Crippen molar-refractivity contribution in [3.63, 3.8) is 0 Å². The van der Waals surface area contributed by atoms with Crippen molar-refractivity contribution in [1.29, 1.82) is 0 Å². The number of halogens is 2. The molecule has 1 N–H and O–H groups in total. The second-order valence-corrected chi connectivity index (χ2v) is 6.98. The summed E-state index contributed by atoms with van der Waals surface area (Å²) < 4.78 is 0. The fourth-order valence-electron chi connectivity index (χ4n) is 3.30. The number of hydrogen-bond acceptors (Lipinski definition) is 2. The summed E-state index contributed by atoms with van der Waals surface area (Å²) in [6.07, 6.45) is 1.42. The first-order valence-electron chi connectivity index (χ1n) is 7.49. The van der Waals surface area contributed by atoms with Crippen molar-refractivity contribution in [2.45, 2.75) is 32.1 Å². The molecule has 1 saturated heterocycles. The maximum Gasteiger partial charge on any atom is 0.237 e. The lowest BCUT2D eigenvalue weighted by atomic mass is 9.81. The molecule has 1 spiro atoms. The van der Waals surface area contributed by atoms with E-state index in [0.29, 0.717) is 35.2 Å². The molecule has 3 rings (SSSR count). The van der Waals surface area contributed by atoms with Crippen molar-refractivity contribution in [1.82, 2.24) is 4.90 Å². The van der Waals surface area contributed by atoms with Gasteiger partial charge in [-0.25, -0.2) is 0 Å². The van der Waals surface area contributed by atoms with Crippen molar-refractivity contribution < 1.29 is 9.59 Å². The fraction of sp³-hybridized carbons (Fsp3) is 0.500. The molecule has 0 aliphatic carbocycles. The van der Waals surface area contributed by atoms with Crippen LogP contribution < -0.4 is 5.32 Å². The predicted octanol–water partition coefficient (Wildman–Crippen LogP) is 3.46. The van der Waals surface area contributed by atoms with Crippen LogP contribution in [0, 0.1) is 5.92 Å². The molecule has 0 bridgehead atoms. The summed E-state index contributed by atoms with van der Waals surface area (Å²) >= 11 is 12.1. The monoisotopic (exact) mass is 340 g/mol. The molecule has 118 valence electrons. The van der Waals surface area contributed by atoms with E-state index in [-0.39, 0.29) is 17.7 Å². The van der Waals surface area contributed by atoms with Crippen molar-refractivity contribution in [3.05, 3.63) is 27.7 Å². The Hall–Kier alpha value is -1.26. The molecule has 2 heterocycles. The third-order valence-corrected chi connectivity index (χ3v) is 5.60. The minimum atomic E-state index is -0.688. The summed E-state index contributed by atoms with van der Waals surface area (Å²) in [5.41, 5.74) is 0.871. The van der Waals surface area contributed by atoms with Crippen LogP contribution in [-0.2, 0) is 15.0 Å². The zero-order chi connectivity index (χ0) is 16.1. The van der Waals surface area contributed by atoms with Crippen molar-refractivity contribution in [3.8, 4) is 0 Å². The summed E-state index contributed by atoms with van der Waals surface area (Å²) in [6, 6.07) is 3.44. The van der Waals surface area contributed by atoms with Gasteiger partial charge in [0.15, 0.2) is 0 Å². The van der Waals surface area contributed by atoms with Gasteiger partial charge in [-0.1, -0.05) is 37.0 Å². The van der Waals surface area contributed by atoms with Crippen LogP contribution in [0.1, 0.15) is 32.3 Å². The fourth-order valence-corrected chi connectivity index (χ4v) is 3.63. The molecule has 0 radical (unpaired) electrons. The van der Waals surface area contributed by atoms with E-state index in [9.17, 15) is 9.59 Å². The normalized spacial score (nSPS) is 24.5. The number of fused-ring (bicyclic) bond motifs is 2. The molecule has 6 heteroatoms. The third-order valence-electron chi connectivity index (χ3n) is 4.87. The van der Waals surface area contributed by atoms with Crippen LogP contribution in [0.3, 0.4) is 0 Å². The number of hydrogen-bond donors (Lipinski definition) is 1. The average Bonchev–Trinajstić information content (AvgIpc) is 3.04. The maximum atomic E-state index is 12.6. The lowest BCUT2D eigenvalue weighted by Gasteiger charge is -2.24. The van der Waals surface area contributed by atoms with Gasteiger partial charge >= 0.3 is 0 Å². The minimum absolute atomic E-state index is 0.0205. The van der Waals surface area contributed by atoms with Crippen LogP contribution in [0.5, 0.6) is 0 Å². The van der Waals surface area contributed by atoms with Gasteiger partial charge in [-0.3, -0.25) is 9.59 Å². The van der Waals surface area contributed by atoms with E-state index >= 15 is 0 Å². The molecule has 1 aromatic carbocycles. The lowest BCUT2D eigenvalue weighted by molar-refractivity contribution is -0.134. The van der Waals surface area contributed by atoms with Crippen LogP contribution in [0.15, 0.2) is 12.1 Å². The van der Waals surface area contributed by atoms with Gasteiger partial charge in [0.25, 0.3) is 0 Å². The van der Waals surface area contributed by atoms with E-state index in [0.717, 1.165) is 12.0 Å². The average molecular weight is 341 g/mol. The number of carbonyl (C=O) groups excluding carboxylic acids is 2. The van der Waals surface area contributed by atoms with Gasteiger partial charge in [-0.15, -0.1) is 0 Å². The second kappa shape index (κ2) is 5.43. The van der Waals surface area contributed by atoms with Gasteiger partial charge in [0.05, 0.1) is 15.5 Å². The lowest BCUT2D eigenvalue weighted by Crippen LogP contribution is -2.40. The minimum Gasteiger partial charge on any atom is -0.341 e. The number of nitrogens with zero attached hydrogens (tertiary/aromatic N) is 1. The Kier molecular flexibility index (Phi) is 3.86. The Bertz CT molecular complexity index is 662. The molecule has 4 nitrogen and oxygen atoms in total. The largest absolute Gasteiger partial charge is 0.341 e. The van der Waals surface area contributed by atoms with Crippen molar-refractivity contribution in [2.75, 3.05) is 18.4 Å². The first-order chi connectivity index (χ1) is 10.4. The highest BCUT2D eigenvalue weighted by Gasteiger charge is 2.52. The number of anilines is 1. The van der Waals surface area contributed by atoms with Gasteiger partial charge in [-0.05, 0) is 30.5 Å². The van der Waals surface area contributed by atoms with Crippen molar-refractivity contribution >= 4 is 40.7 Å². The zero-order valence-electron chi connectivity index (χ0n) is 12.6. The van der Waals surface area contributed by atoms with Crippen molar-refractivity contribution in [2.24, 2.45) is 5.92 Å². The smallest absolute Gasteiger partial charge is 0.237 e. The molecule has 1 fully saturated rings. The van der Waals surface area contributed by atoms with E-state index in [4.69, 9.17) is 23.2 Å². The summed E-state index contributed by atoms with van der Waals surface area (Å²) in [6.45, 7) is 4.92. The molecular weight excluding hydrogens is 323 g/mol. The van der Waals surface area contributed by atoms with Gasteiger partial charge in [0.2, 0.25) is 11.8 Å². The summed E-state index contributed by atoms with van der Waals surface area (Å²) in [5, 5.41) is 3.73. The number of benzene rings is 1. The van der Waals surface area contributed by atoms with E-state index in [1.54, 1.807) is 17.0 Å². The van der Waals surface area contributed by atoms with Gasteiger partial charge in [-0.2, -0.15) is 0 Å². The first-order valence-corrected chi connectivity index (χ1v) is 8.24. The molecule has 2 aliphatic rings. The van der Waals surface area contributed by atoms with Crippen LogP contribution >= 0.6 is 23.2 Å². The Morgan fingerprint density at radius 2 is 2.09 bits per heavy atom. The van der Waals surface area contributed by atoms with E-state index < -0.39 is 5.41 Å². The highest BCUT2D eigenvalue weighted by Crippen LogP contribution is 2.46. The van der Waals surface area contributed by atoms with Crippen LogP contribution in [-0.4, -0.2) is 29.8 Å². The van der Waals surface area contributed by atoms with Crippen LogP contribution in [0.2, 0.25) is 10.0 Å². The Morgan fingerprint density at radius 1 is 1.41 bits per heavy atom. The summed E-state index contributed by atoms with van der Waals surface area (Å²) in [4.78, 5) is 26.8. The zero-order valence-corrected chi connectivity index (χ0v) is 14.1. The van der Waals surface area contributed by atoms with Crippen LogP contribution in [0.4, 0.5) is 5.69 Å². The standard InChI is InChI=1S/C16H18Cl2N2O2/c1-3-9(2)14(21)20-5-4-16(8-20)10-6-11(17)12(18)7-13(10)19-15(16)22/h6-7,9H,3-5,8H2,1-2H3,(H,19,22)/t9-,16-/m1/s1. The number of carbonyl (C=O) groups is 2. The molecule has 2 amide bonds. The number of likely N-dealkylation sites (tertiary alicyclic amines) is 1. The van der Waals surface area contributed by atoms with Crippen LogP contribution in [0.25, 0.3) is 0 Å². The predicted molar refractivity (Wildman–Crippen MR) is 87.4 cm³/mol. The molecule has 0 aromatic heterocycles. The molecule has 2 aliphatic heterocycles. The number of rotatable bonds is 2. The quantitative estimate of drug-likeness (QED) is 0.896. The van der Waals surface area contributed by atoms with E-state index in [1.807, 2.05) is 13.8 Å². The Labute approximate surface area is 139 Å². The summed E-state index contributed by atoms with van der Waals surface area (Å²) in [7, 11) is 0. The Morgan fingerprint density at radius 3 is 2.77 bits per heavy atom. The SMILES string of the molecule is CC[C@@H](C)C(=O)N1CC[C@]2(C1)C(=O)Nc1cc(Cl)c(Cl)cc12. The summed E-state index contributed by atoms with van der Waals surface area (Å²) in [5.74, 6) is 0.0221. The van der Waals surface area contributed by atoms with Gasteiger partial charge in [0.1, 0.15) is 0 Å². The van der Waals surface area contributed by atoms with E-state index in [2.05, 4.69) is 5.32 Å². The van der Waals surface area contributed by atoms with Gasteiger partial charge < -0.3 is 10.2 Å². The van der Waals surface area contributed by atoms with E-state index in [1.165, 1.54) is 0 Å². The first kappa shape index (κ1) is 15.6. The molecule has 22 heavy (non-hydrogen) atoms. The highest BCUT2D eigenvalue weighted by molar-refractivity contribution is 6.42. The second-order valence-electron chi connectivity index (χ2n) is 6.17. The number of nitrogens with one attached hydrogen (secondary N) is 1. The molecular formula is C16H18Cl2N2O2. The number of amides is 2. The third kappa shape index (κ3) is 2.20. The molecule has 2 atom stereocenters. The highest BCUT2D eigenvalue weighted by atomic mass is 35.5. The van der Waals surface area contributed by atoms with Gasteiger partial charge in [0, 0.05) is 24.7 Å². The topological polar surface area (TPSA) is 49.4 Å². The molecule has 0 saturated carbocycles.